The summed E-state index contributed by atoms with van der Waals surface area (Å²) in [5.41, 5.74) is 0.0695. The Balaban J connectivity index is 1.80. The van der Waals surface area contributed by atoms with Crippen molar-refractivity contribution in [1.29, 1.82) is 0 Å². The largest absolute Gasteiger partial charge is 0.381 e. The second kappa shape index (κ2) is 7.66. The van der Waals surface area contributed by atoms with Gasteiger partial charge in [-0.15, -0.1) is 0 Å². The van der Waals surface area contributed by atoms with Crippen LogP contribution in [0.4, 0.5) is 5.69 Å². The zero-order chi connectivity index (χ0) is 19.6. The lowest BCUT2D eigenvalue weighted by atomic mass is 9.98. The first-order valence-corrected chi connectivity index (χ1v) is 8.49. The van der Waals surface area contributed by atoms with E-state index in [1.165, 1.54) is 29.2 Å². The predicted molar refractivity (Wildman–Crippen MR) is 93.6 cm³/mol. The van der Waals surface area contributed by atoms with Crippen molar-refractivity contribution < 1.29 is 19.5 Å². The van der Waals surface area contributed by atoms with E-state index in [2.05, 4.69) is 12.0 Å². The van der Waals surface area contributed by atoms with Gasteiger partial charge < -0.3 is 9.64 Å². The summed E-state index contributed by atoms with van der Waals surface area (Å²) in [5, 5.41) is 24.3. The minimum absolute atomic E-state index is 0.0116. The zero-order valence-corrected chi connectivity index (χ0v) is 14.7. The summed E-state index contributed by atoms with van der Waals surface area (Å²) in [7, 11) is 0. The maximum Gasteiger partial charge on any atom is 0.281 e. The molecule has 2 aliphatic rings. The number of guanidine groups is 1. The molecule has 2 fully saturated rings. The molecule has 0 spiro atoms. The minimum Gasteiger partial charge on any atom is -0.381 e. The maximum absolute atomic E-state index is 12.8. The summed E-state index contributed by atoms with van der Waals surface area (Å²) in [6.45, 7) is 4.46. The molecule has 144 valence electrons. The molecule has 2 saturated heterocycles. The number of non-ortho nitro benzene ring substituents is 1. The first-order valence-electron chi connectivity index (χ1n) is 8.49. The normalized spacial score (nSPS) is 23.8. The summed E-state index contributed by atoms with van der Waals surface area (Å²) in [6, 6.07) is 5.12. The Morgan fingerprint density at radius 3 is 2.48 bits per heavy atom. The molecular formula is C16H19N5O6. The van der Waals surface area contributed by atoms with Crippen molar-refractivity contribution >= 4 is 17.6 Å². The van der Waals surface area contributed by atoms with Crippen molar-refractivity contribution in [2.45, 2.75) is 6.92 Å². The Morgan fingerprint density at radius 2 is 1.93 bits per heavy atom. The number of hydrogen-bond donors (Lipinski definition) is 0. The summed E-state index contributed by atoms with van der Waals surface area (Å²) in [6.07, 6.45) is 0. The standard InChI is InChI=1S/C16H19N5O6/c1-11-9-27-10-13(11)8-18-6-7-19(16(18)17-21(25)26)15(22)12-2-4-14(5-3-12)20(23)24/h2-5,11,13H,6-10H2,1H3. The first kappa shape index (κ1) is 18.7. The van der Waals surface area contributed by atoms with Gasteiger partial charge in [0.15, 0.2) is 5.03 Å². The number of hydrazone groups is 1. The van der Waals surface area contributed by atoms with Gasteiger partial charge in [-0.25, -0.2) is 10.1 Å². The van der Waals surface area contributed by atoms with E-state index in [4.69, 9.17) is 4.74 Å². The van der Waals surface area contributed by atoms with Crippen molar-refractivity contribution in [3.63, 3.8) is 0 Å². The highest BCUT2D eigenvalue weighted by Gasteiger charge is 2.37. The highest BCUT2D eigenvalue weighted by molar-refractivity contribution is 6.06. The smallest absolute Gasteiger partial charge is 0.281 e. The van der Waals surface area contributed by atoms with Gasteiger partial charge in [0, 0.05) is 49.9 Å². The van der Waals surface area contributed by atoms with Crippen LogP contribution in [0.15, 0.2) is 29.4 Å². The molecule has 1 aromatic rings. The van der Waals surface area contributed by atoms with Gasteiger partial charge in [0.1, 0.15) is 5.10 Å². The number of amides is 1. The van der Waals surface area contributed by atoms with Crippen LogP contribution in [0, 0.1) is 32.1 Å². The van der Waals surface area contributed by atoms with Crippen molar-refractivity contribution in [2.24, 2.45) is 16.9 Å². The van der Waals surface area contributed by atoms with Crippen LogP contribution in [0.3, 0.4) is 0 Å². The Bertz CT molecular complexity index is 780. The lowest BCUT2D eigenvalue weighted by Gasteiger charge is -2.23. The van der Waals surface area contributed by atoms with Crippen LogP contribution >= 0.6 is 0 Å². The number of carbonyl (C=O) groups excluding carboxylic acids is 1. The topological polar surface area (TPSA) is 131 Å². The highest BCUT2D eigenvalue weighted by atomic mass is 16.7. The van der Waals surface area contributed by atoms with E-state index >= 15 is 0 Å². The van der Waals surface area contributed by atoms with E-state index in [1.54, 1.807) is 4.90 Å². The molecule has 0 radical (unpaired) electrons. The van der Waals surface area contributed by atoms with Crippen LogP contribution < -0.4 is 0 Å². The Labute approximate surface area is 154 Å². The number of rotatable bonds is 5. The van der Waals surface area contributed by atoms with E-state index in [0.29, 0.717) is 32.2 Å². The average molecular weight is 377 g/mol. The molecule has 2 unspecified atom stereocenters. The third kappa shape index (κ3) is 4.03. The summed E-state index contributed by atoms with van der Waals surface area (Å²) in [4.78, 5) is 36.9. The van der Waals surface area contributed by atoms with Crippen molar-refractivity contribution in [3.8, 4) is 0 Å². The molecule has 0 aromatic heterocycles. The van der Waals surface area contributed by atoms with Gasteiger partial charge in [-0.3, -0.25) is 19.8 Å². The molecule has 1 amide bonds. The van der Waals surface area contributed by atoms with E-state index < -0.39 is 15.9 Å². The SMILES string of the molecule is CC1COCC1CN1CCN(C(=O)c2ccc([N+](=O)[O-])cc2)C1=N[N+](=O)[O-]. The summed E-state index contributed by atoms with van der Waals surface area (Å²) in [5.74, 6) is 0.0313. The number of nitrogens with zero attached hydrogens (tertiary/aromatic N) is 5. The fraction of sp³-hybridized carbons (Fsp3) is 0.500. The van der Waals surface area contributed by atoms with Crippen LogP contribution in [-0.4, -0.2) is 64.5 Å². The maximum atomic E-state index is 12.8. The van der Waals surface area contributed by atoms with Gasteiger partial charge in [-0.05, 0) is 18.1 Å². The predicted octanol–water partition coefficient (Wildman–Crippen LogP) is 1.18. The number of nitro benzene ring substituents is 1. The second-order valence-corrected chi connectivity index (χ2v) is 6.62. The van der Waals surface area contributed by atoms with Gasteiger partial charge in [-0.2, -0.15) is 0 Å². The van der Waals surface area contributed by atoms with Crippen LogP contribution in [0.25, 0.3) is 0 Å². The lowest BCUT2D eigenvalue weighted by Crippen LogP contribution is -2.41. The van der Waals surface area contributed by atoms with Gasteiger partial charge in [-0.1, -0.05) is 6.92 Å². The van der Waals surface area contributed by atoms with Crippen LogP contribution in [-0.2, 0) is 4.74 Å². The molecule has 27 heavy (non-hydrogen) atoms. The van der Waals surface area contributed by atoms with Gasteiger partial charge in [0.05, 0.1) is 11.5 Å². The van der Waals surface area contributed by atoms with Gasteiger partial charge in [0.25, 0.3) is 17.6 Å². The molecule has 0 N–H and O–H groups in total. The van der Waals surface area contributed by atoms with E-state index in [1.807, 2.05) is 0 Å². The Hall–Kier alpha value is -3.08. The van der Waals surface area contributed by atoms with Gasteiger partial charge >= 0.3 is 0 Å². The molecule has 11 heteroatoms. The fourth-order valence-electron chi connectivity index (χ4n) is 3.25. The van der Waals surface area contributed by atoms with Crippen molar-refractivity contribution in [2.75, 3.05) is 32.8 Å². The molecule has 0 bridgehead atoms. The number of hydrogen-bond acceptors (Lipinski definition) is 6. The molecular weight excluding hydrogens is 358 g/mol. The minimum atomic E-state index is -0.821. The second-order valence-electron chi connectivity index (χ2n) is 6.62. The number of ether oxygens (including phenoxy) is 1. The third-order valence-corrected chi connectivity index (χ3v) is 4.83. The molecule has 0 saturated carbocycles. The first-order chi connectivity index (χ1) is 12.9. The number of carbonyl (C=O) groups is 1. The van der Waals surface area contributed by atoms with Crippen LogP contribution in [0.5, 0.6) is 0 Å². The Morgan fingerprint density at radius 1 is 1.22 bits per heavy atom. The van der Waals surface area contributed by atoms with E-state index in [-0.39, 0.29) is 29.7 Å². The van der Waals surface area contributed by atoms with Crippen LogP contribution in [0.2, 0.25) is 0 Å². The van der Waals surface area contributed by atoms with Crippen molar-refractivity contribution in [1.82, 2.24) is 9.80 Å². The van der Waals surface area contributed by atoms with Crippen LogP contribution in [0.1, 0.15) is 17.3 Å². The zero-order valence-electron chi connectivity index (χ0n) is 14.7. The highest BCUT2D eigenvalue weighted by Crippen LogP contribution is 2.24. The molecule has 2 heterocycles. The number of nitro groups is 2. The molecule has 11 nitrogen and oxygen atoms in total. The van der Waals surface area contributed by atoms with Crippen molar-refractivity contribution in [3.05, 3.63) is 50.1 Å². The Kier molecular flexibility index (Phi) is 5.31. The molecule has 1 aromatic carbocycles. The molecule has 2 aliphatic heterocycles. The lowest BCUT2D eigenvalue weighted by molar-refractivity contribution is -0.486. The summed E-state index contributed by atoms with van der Waals surface area (Å²) >= 11 is 0. The third-order valence-electron chi connectivity index (χ3n) is 4.83. The van der Waals surface area contributed by atoms with E-state index in [9.17, 15) is 25.0 Å². The molecule has 3 rings (SSSR count). The quantitative estimate of drug-likeness (QED) is 0.556. The number of benzene rings is 1. The monoisotopic (exact) mass is 377 g/mol. The fourth-order valence-corrected chi connectivity index (χ4v) is 3.25. The van der Waals surface area contributed by atoms with E-state index in [0.717, 1.165) is 0 Å². The summed E-state index contributed by atoms with van der Waals surface area (Å²) < 4.78 is 5.43. The molecule has 2 atom stereocenters. The average Bonchev–Trinajstić information content (AvgIpc) is 3.21. The van der Waals surface area contributed by atoms with Gasteiger partial charge in [0.2, 0.25) is 0 Å². The molecule has 0 aliphatic carbocycles.